The van der Waals surface area contributed by atoms with Crippen molar-refractivity contribution in [2.45, 2.75) is 34.1 Å². The summed E-state index contributed by atoms with van der Waals surface area (Å²) in [4.78, 5) is 46.0. The molecule has 2 rings (SSSR count). The molecule has 0 fully saturated rings. The zero-order chi connectivity index (χ0) is 33.8. The Morgan fingerprint density at radius 3 is 1.74 bits per heavy atom. The largest absolute Gasteiger partial charge is 0.505 e. The number of nitrogens with one attached hydrogen (secondary N) is 1. The van der Waals surface area contributed by atoms with Gasteiger partial charge in [-0.3, -0.25) is 14.4 Å². The molecular weight excluding hydrogens is 608 g/mol. The topological polar surface area (TPSA) is 254 Å². The SMILES string of the molecule is C.CCCOCCOCC(=O)Nc1ccc(OC)c(C(N)=O)c1O.CCCOCCOCC(=O)Oc1ccc(N)c(O)c1C(N)=O. The number of primary amides is 2. The van der Waals surface area contributed by atoms with Gasteiger partial charge in [0.1, 0.15) is 35.8 Å². The van der Waals surface area contributed by atoms with Gasteiger partial charge in [-0.25, -0.2) is 4.79 Å². The number of esters is 1. The molecule has 0 aliphatic carbocycles. The minimum atomic E-state index is -0.957. The number of carbonyl (C=O) groups excluding carboxylic acids is 4. The van der Waals surface area contributed by atoms with Crippen LogP contribution < -0.4 is 32.0 Å². The number of aromatic hydroxyl groups is 2. The normalized spacial score (nSPS) is 10.2. The molecule has 0 aliphatic heterocycles. The molecule has 46 heavy (non-hydrogen) atoms. The van der Waals surface area contributed by atoms with Gasteiger partial charge in [-0.1, -0.05) is 21.3 Å². The Morgan fingerprint density at radius 2 is 1.22 bits per heavy atom. The predicted molar refractivity (Wildman–Crippen MR) is 169 cm³/mol. The third-order valence-corrected chi connectivity index (χ3v) is 5.42. The van der Waals surface area contributed by atoms with Gasteiger partial charge >= 0.3 is 5.97 Å². The number of nitrogen functional groups attached to an aromatic ring is 1. The molecule has 0 heterocycles. The third kappa shape index (κ3) is 14.4. The van der Waals surface area contributed by atoms with E-state index in [0.29, 0.717) is 26.4 Å². The molecule has 258 valence electrons. The van der Waals surface area contributed by atoms with Gasteiger partial charge in [-0.05, 0) is 37.1 Å². The van der Waals surface area contributed by atoms with Crippen molar-refractivity contribution < 1.29 is 57.8 Å². The molecule has 0 aromatic heterocycles. The highest BCUT2D eigenvalue weighted by Gasteiger charge is 2.20. The van der Waals surface area contributed by atoms with Gasteiger partial charge in [0.2, 0.25) is 5.91 Å². The van der Waals surface area contributed by atoms with Crippen LogP contribution in [0.1, 0.15) is 54.8 Å². The van der Waals surface area contributed by atoms with Crippen molar-refractivity contribution in [3.05, 3.63) is 35.4 Å². The Balaban J connectivity index is 0.000000862. The first-order valence-corrected chi connectivity index (χ1v) is 13.9. The van der Waals surface area contributed by atoms with E-state index in [-0.39, 0.29) is 67.9 Å². The van der Waals surface area contributed by atoms with Gasteiger partial charge in [-0.2, -0.15) is 0 Å². The molecule has 0 saturated heterocycles. The zero-order valence-electron chi connectivity index (χ0n) is 25.6. The quantitative estimate of drug-likeness (QED) is 0.0417. The number of nitrogens with two attached hydrogens (primary N) is 3. The zero-order valence-corrected chi connectivity index (χ0v) is 25.6. The fourth-order valence-electron chi connectivity index (χ4n) is 3.38. The smallest absolute Gasteiger partial charge is 0.337 e. The minimum Gasteiger partial charge on any atom is -0.505 e. The lowest BCUT2D eigenvalue weighted by Crippen LogP contribution is -2.21. The molecule has 16 heteroatoms. The standard InChI is InChI=1S/C15H22N2O6.C14H20N2O6.CH4/c1-3-6-22-7-8-23-9-12(18)17-10-4-5-11(21-2)13(14(10)19)15(16)20;1-2-5-20-6-7-21-8-11(17)22-10-4-3-9(15)13(18)12(10)14(16)19;/h4-5,19H,3,6-9H2,1-2H3,(H2,16,20)(H,17,18);3-4,18H,2,5-8,15H2,1H3,(H2,16,19);1H4. The van der Waals surface area contributed by atoms with E-state index in [1.54, 1.807) is 0 Å². The molecular formula is C30H46N4O12. The maximum atomic E-state index is 11.8. The number of amides is 3. The summed E-state index contributed by atoms with van der Waals surface area (Å²) in [5.74, 6) is -4.05. The van der Waals surface area contributed by atoms with E-state index in [4.69, 9.17) is 45.6 Å². The number of hydrogen-bond acceptors (Lipinski definition) is 13. The Bertz CT molecular complexity index is 1270. The fraction of sp³-hybridized carbons (Fsp3) is 0.467. The summed E-state index contributed by atoms with van der Waals surface area (Å²) in [6.07, 6.45) is 1.82. The summed E-state index contributed by atoms with van der Waals surface area (Å²) < 4.78 is 30.5. The van der Waals surface area contributed by atoms with Crippen LogP contribution in [0.2, 0.25) is 0 Å². The van der Waals surface area contributed by atoms with Crippen LogP contribution in [-0.4, -0.2) is 93.9 Å². The summed E-state index contributed by atoms with van der Waals surface area (Å²) in [7, 11) is 1.34. The van der Waals surface area contributed by atoms with Gasteiger partial charge in [0.25, 0.3) is 11.8 Å². The van der Waals surface area contributed by atoms with Gasteiger partial charge < -0.3 is 61.2 Å². The van der Waals surface area contributed by atoms with E-state index in [1.165, 1.54) is 31.4 Å². The summed E-state index contributed by atoms with van der Waals surface area (Å²) in [5, 5.41) is 22.2. The van der Waals surface area contributed by atoms with E-state index < -0.39 is 35.2 Å². The number of rotatable bonds is 19. The molecule has 9 N–H and O–H groups in total. The van der Waals surface area contributed by atoms with E-state index in [2.05, 4.69) is 5.32 Å². The van der Waals surface area contributed by atoms with Crippen molar-refractivity contribution in [2.75, 3.05) is 71.0 Å². The summed E-state index contributed by atoms with van der Waals surface area (Å²) in [6, 6.07) is 5.40. The van der Waals surface area contributed by atoms with E-state index in [1.807, 2.05) is 13.8 Å². The maximum absolute atomic E-state index is 11.8. The number of carbonyl (C=O) groups is 4. The second kappa shape index (κ2) is 22.8. The molecule has 2 aromatic carbocycles. The van der Waals surface area contributed by atoms with Crippen molar-refractivity contribution in [2.24, 2.45) is 11.5 Å². The van der Waals surface area contributed by atoms with Gasteiger partial charge in [0.05, 0.1) is 44.9 Å². The van der Waals surface area contributed by atoms with Crippen LogP contribution in [-0.2, 0) is 28.5 Å². The van der Waals surface area contributed by atoms with Crippen LogP contribution in [0.15, 0.2) is 24.3 Å². The van der Waals surface area contributed by atoms with Crippen molar-refractivity contribution in [1.29, 1.82) is 0 Å². The van der Waals surface area contributed by atoms with Gasteiger partial charge in [-0.15, -0.1) is 0 Å². The number of benzene rings is 2. The van der Waals surface area contributed by atoms with Crippen LogP contribution >= 0.6 is 0 Å². The first-order chi connectivity index (χ1) is 21.5. The number of methoxy groups -OCH3 is 1. The predicted octanol–water partition coefficient (Wildman–Crippen LogP) is 1.94. The highest BCUT2D eigenvalue weighted by molar-refractivity contribution is 6.03. The molecule has 0 unspecified atom stereocenters. The summed E-state index contributed by atoms with van der Waals surface area (Å²) >= 11 is 0. The number of anilines is 2. The van der Waals surface area contributed by atoms with E-state index in [9.17, 15) is 29.4 Å². The lowest BCUT2D eigenvalue weighted by Gasteiger charge is -2.13. The lowest BCUT2D eigenvalue weighted by atomic mass is 10.1. The Kier molecular flexibility index (Phi) is 20.5. The third-order valence-electron chi connectivity index (χ3n) is 5.42. The Hall–Kier alpha value is -4.64. The van der Waals surface area contributed by atoms with Crippen LogP contribution in [0.5, 0.6) is 23.0 Å². The second-order valence-electron chi connectivity index (χ2n) is 9.00. The molecule has 0 saturated carbocycles. The average molecular weight is 655 g/mol. The van der Waals surface area contributed by atoms with Crippen LogP contribution in [0.3, 0.4) is 0 Å². The summed E-state index contributed by atoms with van der Waals surface area (Å²) in [6.45, 7) is 6.03. The minimum absolute atomic E-state index is 0. The van der Waals surface area contributed by atoms with Crippen molar-refractivity contribution in [3.63, 3.8) is 0 Å². The summed E-state index contributed by atoms with van der Waals surface area (Å²) in [5.41, 5.74) is 15.3. The monoisotopic (exact) mass is 654 g/mol. The average Bonchev–Trinajstić information content (AvgIpc) is 2.99. The molecule has 0 aliphatic rings. The second-order valence-corrected chi connectivity index (χ2v) is 9.00. The first-order valence-electron chi connectivity index (χ1n) is 13.9. The highest BCUT2D eigenvalue weighted by atomic mass is 16.6. The molecule has 16 nitrogen and oxygen atoms in total. The molecule has 3 amide bonds. The van der Waals surface area contributed by atoms with Crippen molar-refractivity contribution in [3.8, 4) is 23.0 Å². The number of phenols is 2. The van der Waals surface area contributed by atoms with Crippen molar-refractivity contribution in [1.82, 2.24) is 0 Å². The van der Waals surface area contributed by atoms with Crippen molar-refractivity contribution >= 4 is 35.1 Å². The van der Waals surface area contributed by atoms with Crippen LogP contribution in [0, 0.1) is 0 Å². The molecule has 0 spiro atoms. The number of ether oxygens (including phenoxy) is 6. The number of hydrogen-bond donors (Lipinski definition) is 6. The van der Waals surface area contributed by atoms with E-state index in [0.717, 1.165) is 12.8 Å². The first kappa shape index (κ1) is 41.4. The molecule has 0 atom stereocenters. The van der Waals surface area contributed by atoms with Gasteiger partial charge in [0, 0.05) is 13.2 Å². The van der Waals surface area contributed by atoms with Crippen LogP contribution in [0.4, 0.5) is 11.4 Å². The van der Waals surface area contributed by atoms with Crippen LogP contribution in [0.25, 0.3) is 0 Å². The highest BCUT2D eigenvalue weighted by Crippen LogP contribution is 2.34. The molecule has 0 radical (unpaired) electrons. The Labute approximate surface area is 268 Å². The van der Waals surface area contributed by atoms with E-state index >= 15 is 0 Å². The van der Waals surface area contributed by atoms with Gasteiger partial charge in [0.15, 0.2) is 11.5 Å². The fourth-order valence-corrected chi connectivity index (χ4v) is 3.38. The molecule has 0 bridgehead atoms. The Morgan fingerprint density at radius 1 is 0.717 bits per heavy atom. The molecule has 2 aromatic rings. The lowest BCUT2D eigenvalue weighted by molar-refractivity contribution is -0.140. The maximum Gasteiger partial charge on any atom is 0.337 e.